The van der Waals surface area contributed by atoms with E-state index >= 15 is 0 Å². The molecule has 2 aromatic rings. The van der Waals surface area contributed by atoms with E-state index < -0.39 is 0 Å². The summed E-state index contributed by atoms with van der Waals surface area (Å²) in [6.45, 7) is 3.28. The molecule has 5 nitrogen and oxygen atoms in total. The van der Waals surface area contributed by atoms with E-state index in [9.17, 15) is 0 Å². The van der Waals surface area contributed by atoms with Gasteiger partial charge in [-0.05, 0) is 29.7 Å². The standard InChI is InChI=1S/C12H17N5/c1-10-4-2-3-5-11(10)6-7-12-14-16-17(15-12)9-8-13/h2-5H,6-9,13H2,1H3. The Kier molecular flexibility index (Phi) is 3.82. The lowest BCUT2D eigenvalue weighted by atomic mass is 10.0. The second-order valence-corrected chi connectivity index (χ2v) is 4.02. The Bertz CT molecular complexity index is 477. The molecule has 0 amide bonds. The van der Waals surface area contributed by atoms with Crippen molar-refractivity contribution in [2.45, 2.75) is 26.3 Å². The van der Waals surface area contributed by atoms with Crippen LogP contribution in [0, 0.1) is 6.92 Å². The van der Waals surface area contributed by atoms with Crippen molar-refractivity contribution in [1.82, 2.24) is 20.2 Å². The van der Waals surface area contributed by atoms with Crippen LogP contribution in [0.1, 0.15) is 17.0 Å². The van der Waals surface area contributed by atoms with Crippen molar-refractivity contribution in [3.05, 3.63) is 41.2 Å². The highest BCUT2D eigenvalue weighted by molar-refractivity contribution is 5.25. The number of hydrogen-bond donors (Lipinski definition) is 1. The lowest BCUT2D eigenvalue weighted by molar-refractivity contribution is 0.528. The summed E-state index contributed by atoms with van der Waals surface area (Å²) < 4.78 is 0. The zero-order chi connectivity index (χ0) is 12.1. The van der Waals surface area contributed by atoms with E-state index in [4.69, 9.17) is 5.73 Å². The molecule has 0 aliphatic carbocycles. The van der Waals surface area contributed by atoms with Gasteiger partial charge in [-0.1, -0.05) is 24.3 Å². The summed E-state index contributed by atoms with van der Waals surface area (Å²) in [4.78, 5) is 1.55. The zero-order valence-corrected chi connectivity index (χ0v) is 10.0. The molecule has 0 radical (unpaired) electrons. The molecule has 0 aliphatic heterocycles. The van der Waals surface area contributed by atoms with Gasteiger partial charge >= 0.3 is 0 Å². The van der Waals surface area contributed by atoms with Crippen LogP contribution >= 0.6 is 0 Å². The number of rotatable bonds is 5. The minimum Gasteiger partial charge on any atom is -0.329 e. The van der Waals surface area contributed by atoms with Gasteiger partial charge in [-0.2, -0.15) is 4.80 Å². The number of nitrogens with zero attached hydrogens (tertiary/aromatic N) is 4. The van der Waals surface area contributed by atoms with Crippen LogP contribution in [0.5, 0.6) is 0 Å². The maximum absolute atomic E-state index is 5.43. The number of hydrogen-bond acceptors (Lipinski definition) is 4. The van der Waals surface area contributed by atoms with Gasteiger partial charge in [0.1, 0.15) is 0 Å². The van der Waals surface area contributed by atoms with Crippen molar-refractivity contribution in [1.29, 1.82) is 0 Å². The molecule has 5 heteroatoms. The minimum atomic E-state index is 0.535. The molecule has 1 heterocycles. The van der Waals surface area contributed by atoms with Crippen molar-refractivity contribution >= 4 is 0 Å². The zero-order valence-electron chi connectivity index (χ0n) is 10.0. The highest BCUT2D eigenvalue weighted by atomic mass is 15.6. The van der Waals surface area contributed by atoms with Crippen LogP contribution in [0.2, 0.25) is 0 Å². The Hall–Kier alpha value is -1.75. The Balaban J connectivity index is 1.95. The lowest BCUT2D eigenvalue weighted by Gasteiger charge is -2.02. The third-order valence-electron chi connectivity index (χ3n) is 2.70. The van der Waals surface area contributed by atoms with Gasteiger partial charge in [-0.15, -0.1) is 10.2 Å². The van der Waals surface area contributed by atoms with Crippen LogP contribution < -0.4 is 5.73 Å². The van der Waals surface area contributed by atoms with Crippen LogP contribution in [0.4, 0.5) is 0 Å². The largest absolute Gasteiger partial charge is 0.329 e. The van der Waals surface area contributed by atoms with Gasteiger partial charge in [0.25, 0.3) is 0 Å². The van der Waals surface area contributed by atoms with Crippen molar-refractivity contribution in [3.8, 4) is 0 Å². The van der Waals surface area contributed by atoms with Crippen molar-refractivity contribution < 1.29 is 0 Å². The van der Waals surface area contributed by atoms with Crippen LogP contribution in [0.25, 0.3) is 0 Å². The monoisotopic (exact) mass is 231 g/mol. The summed E-state index contributed by atoms with van der Waals surface area (Å²) in [5.41, 5.74) is 8.07. The third-order valence-corrected chi connectivity index (χ3v) is 2.70. The average Bonchev–Trinajstić information content (AvgIpc) is 2.76. The van der Waals surface area contributed by atoms with Crippen molar-refractivity contribution in [2.75, 3.05) is 6.54 Å². The average molecular weight is 231 g/mol. The molecule has 0 aliphatic rings. The summed E-state index contributed by atoms with van der Waals surface area (Å²) in [6, 6.07) is 8.36. The summed E-state index contributed by atoms with van der Waals surface area (Å²) >= 11 is 0. The molecule has 17 heavy (non-hydrogen) atoms. The van der Waals surface area contributed by atoms with Gasteiger partial charge in [-0.3, -0.25) is 0 Å². The fourth-order valence-corrected chi connectivity index (χ4v) is 1.72. The highest BCUT2D eigenvalue weighted by Crippen LogP contribution is 2.09. The topological polar surface area (TPSA) is 69.6 Å². The Labute approximate surface area is 101 Å². The summed E-state index contributed by atoms with van der Waals surface area (Å²) in [7, 11) is 0. The van der Waals surface area contributed by atoms with Gasteiger partial charge < -0.3 is 5.73 Å². The number of tetrazole rings is 1. The van der Waals surface area contributed by atoms with Gasteiger partial charge in [0.05, 0.1) is 6.54 Å². The normalized spacial score (nSPS) is 10.7. The number of aromatic nitrogens is 4. The highest BCUT2D eigenvalue weighted by Gasteiger charge is 2.04. The molecule has 0 atom stereocenters. The van der Waals surface area contributed by atoms with Crippen LogP contribution in [0.15, 0.2) is 24.3 Å². The van der Waals surface area contributed by atoms with E-state index in [2.05, 4.69) is 46.6 Å². The molecular formula is C12H17N5. The first-order valence-corrected chi connectivity index (χ1v) is 5.81. The molecule has 1 aromatic heterocycles. The van der Waals surface area contributed by atoms with Gasteiger partial charge in [0.15, 0.2) is 5.82 Å². The SMILES string of the molecule is Cc1ccccc1CCc1nnn(CCN)n1. The first-order valence-electron chi connectivity index (χ1n) is 5.81. The number of aryl methyl sites for hydroxylation is 3. The van der Waals surface area contributed by atoms with E-state index in [1.807, 2.05) is 0 Å². The molecule has 0 saturated heterocycles. The van der Waals surface area contributed by atoms with Crippen molar-refractivity contribution in [3.63, 3.8) is 0 Å². The molecule has 1 aromatic carbocycles. The Morgan fingerprint density at radius 3 is 2.82 bits per heavy atom. The molecule has 2 rings (SSSR count). The number of nitrogens with two attached hydrogens (primary N) is 1. The molecule has 0 unspecified atom stereocenters. The van der Waals surface area contributed by atoms with E-state index in [0.29, 0.717) is 13.1 Å². The Morgan fingerprint density at radius 1 is 1.24 bits per heavy atom. The fourth-order valence-electron chi connectivity index (χ4n) is 1.72. The summed E-state index contributed by atoms with van der Waals surface area (Å²) in [5, 5.41) is 12.2. The van der Waals surface area contributed by atoms with Gasteiger partial charge in [-0.25, -0.2) is 0 Å². The Morgan fingerprint density at radius 2 is 2.06 bits per heavy atom. The van der Waals surface area contributed by atoms with Gasteiger partial charge in [0, 0.05) is 13.0 Å². The predicted molar refractivity (Wildman–Crippen MR) is 65.5 cm³/mol. The smallest absolute Gasteiger partial charge is 0.175 e. The van der Waals surface area contributed by atoms with E-state index in [1.165, 1.54) is 11.1 Å². The number of benzene rings is 1. The third kappa shape index (κ3) is 3.10. The maximum atomic E-state index is 5.43. The molecular weight excluding hydrogens is 214 g/mol. The van der Waals surface area contributed by atoms with Crippen LogP contribution in [0.3, 0.4) is 0 Å². The lowest BCUT2D eigenvalue weighted by Crippen LogP contribution is -2.12. The van der Waals surface area contributed by atoms with E-state index in [-0.39, 0.29) is 0 Å². The second-order valence-electron chi connectivity index (χ2n) is 4.02. The minimum absolute atomic E-state index is 0.535. The van der Waals surface area contributed by atoms with Crippen molar-refractivity contribution in [2.24, 2.45) is 5.73 Å². The molecule has 0 spiro atoms. The van der Waals surface area contributed by atoms with Crippen LogP contribution in [-0.4, -0.2) is 26.8 Å². The predicted octanol–water partition coefficient (Wildman–Crippen LogP) is 0.725. The first kappa shape index (κ1) is 11.7. The summed E-state index contributed by atoms with van der Waals surface area (Å²) in [5.74, 6) is 0.779. The van der Waals surface area contributed by atoms with Gasteiger partial charge in [0.2, 0.25) is 0 Å². The molecule has 0 saturated carbocycles. The second kappa shape index (κ2) is 5.54. The van der Waals surface area contributed by atoms with E-state index in [0.717, 1.165) is 18.7 Å². The molecule has 0 bridgehead atoms. The quantitative estimate of drug-likeness (QED) is 0.823. The summed E-state index contributed by atoms with van der Waals surface area (Å²) in [6.07, 6.45) is 1.76. The van der Waals surface area contributed by atoms with Crippen LogP contribution in [-0.2, 0) is 19.4 Å². The maximum Gasteiger partial charge on any atom is 0.175 e. The van der Waals surface area contributed by atoms with E-state index in [1.54, 1.807) is 4.80 Å². The molecule has 90 valence electrons. The fraction of sp³-hybridized carbons (Fsp3) is 0.417. The molecule has 2 N–H and O–H groups in total. The molecule has 0 fully saturated rings. The first-order chi connectivity index (χ1) is 8.29.